The first-order chi connectivity index (χ1) is 9.47. The van der Waals surface area contributed by atoms with Crippen LogP contribution in [0.4, 0.5) is 8.78 Å². The zero-order chi connectivity index (χ0) is 14.7. The summed E-state index contributed by atoms with van der Waals surface area (Å²) in [6.07, 6.45) is -2.66. The van der Waals surface area contributed by atoms with Gasteiger partial charge in [-0.05, 0) is 30.5 Å². The lowest BCUT2D eigenvalue weighted by Crippen LogP contribution is -2.03. The number of hydrogen-bond donors (Lipinski definition) is 1. The fourth-order valence-electron chi connectivity index (χ4n) is 2.21. The highest BCUT2D eigenvalue weighted by molar-refractivity contribution is 5.33. The number of benzene rings is 2. The molecule has 0 spiro atoms. The number of alkyl halides is 2. The van der Waals surface area contributed by atoms with Crippen molar-refractivity contribution in [2.24, 2.45) is 0 Å². The molecule has 0 saturated heterocycles. The van der Waals surface area contributed by atoms with Crippen molar-refractivity contribution in [1.82, 2.24) is 0 Å². The number of halogens is 2. The Balaban J connectivity index is 2.15. The molecule has 1 N–H and O–H groups in total. The van der Waals surface area contributed by atoms with Crippen LogP contribution in [0.15, 0.2) is 42.5 Å². The van der Waals surface area contributed by atoms with Gasteiger partial charge >= 0.3 is 0 Å². The number of aliphatic hydroxyl groups is 1. The molecule has 2 aromatic carbocycles. The first-order valence-corrected chi connectivity index (χ1v) is 6.59. The Kier molecular flexibility index (Phi) is 4.50. The Morgan fingerprint density at radius 1 is 0.950 bits per heavy atom. The number of rotatable bonds is 4. The molecule has 0 heterocycles. The zero-order valence-corrected chi connectivity index (χ0v) is 11.6. The fraction of sp³-hybridized carbons (Fsp3) is 0.294. The number of aryl methyl sites for hydroxylation is 2. The molecule has 0 amide bonds. The van der Waals surface area contributed by atoms with Crippen LogP contribution in [0.3, 0.4) is 0 Å². The minimum atomic E-state index is -2.47. The van der Waals surface area contributed by atoms with Gasteiger partial charge in [-0.15, -0.1) is 0 Å². The van der Waals surface area contributed by atoms with Gasteiger partial charge in [-0.3, -0.25) is 0 Å². The van der Waals surface area contributed by atoms with E-state index in [1.807, 2.05) is 32.0 Å². The standard InChI is InChI=1S/C17H18F2O/c1-11-3-4-12(2)15(9-11)10-16(20)13-5-7-14(8-6-13)17(18)19/h3-9,16-17,20H,10H2,1-2H3. The van der Waals surface area contributed by atoms with Crippen molar-refractivity contribution in [2.45, 2.75) is 32.8 Å². The van der Waals surface area contributed by atoms with Gasteiger partial charge in [-0.1, -0.05) is 48.0 Å². The van der Waals surface area contributed by atoms with Crippen LogP contribution in [0.25, 0.3) is 0 Å². The third-order valence-electron chi connectivity index (χ3n) is 3.49. The van der Waals surface area contributed by atoms with Crippen molar-refractivity contribution in [3.8, 4) is 0 Å². The summed E-state index contributed by atoms with van der Waals surface area (Å²) in [5, 5.41) is 10.2. The van der Waals surface area contributed by atoms with Crippen LogP contribution < -0.4 is 0 Å². The van der Waals surface area contributed by atoms with Gasteiger partial charge in [-0.2, -0.15) is 0 Å². The molecule has 2 rings (SSSR count). The summed E-state index contributed by atoms with van der Waals surface area (Å²) < 4.78 is 25.0. The van der Waals surface area contributed by atoms with Crippen molar-refractivity contribution >= 4 is 0 Å². The Labute approximate surface area is 117 Å². The van der Waals surface area contributed by atoms with Gasteiger partial charge < -0.3 is 5.11 Å². The Morgan fingerprint density at radius 2 is 1.55 bits per heavy atom. The van der Waals surface area contributed by atoms with Crippen molar-refractivity contribution < 1.29 is 13.9 Å². The lowest BCUT2D eigenvalue weighted by Gasteiger charge is -2.14. The van der Waals surface area contributed by atoms with E-state index in [1.165, 1.54) is 12.1 Å². The molecule has 3 heteroatoms. The Hall–Kier alpha value is -1.74. The van der Waals surface area contributed by atoms with E-state index in [0.717, 1.165) is 16.7 Å². The molecule has 0 bridgehead atoms. The van der Waals surface area contributed by atoms with E-state index in [2.05, 4.69) is 0 Å². The molecule has 0 radical (unpaired) electrons. The largest absolute Gasteiger partial charge is 0.388 e. The van der Waals surface area contributed by atoms with Crippen LogP contribution in [0, 0.1) is 13.8 Å². The summed E-state index contributed by atoms with van der Waals surface area (Å²) >= 11 is 0. The molecule has 0 aliphatic rings. The maximum absolute atomic E-state index is 12.5. The maximum atomic E-state index is 12.5. The molecule has 1 nitrogen and oxygen atoms in total. The van der Waals surface area contributed by atoms with Crippen molar-refractivity contribution in [3.05, 3.63) is 70.3 Å². The highest BCUT2D eigenvalue weighted by Crippen LogP contribution is 2.24. The van der Waals surface area contributed by atoms with E-state index in [1.54, 1.807) is 12.1 Å². The average molecular weight is 276 g/mol. The molecule has 0 aliphatic heterocycles. The van der Waals surface area contributed by atoms with E-state index in [9.17, 15) is 13.9 Å². The van der Waals surface area contributed by atoms with E-state index < -0.39 is 12.5 Å². The number of aliphatic hydroxyl groups excluding tert-OH is 1. The predicted molar refractivity (Wildman–Crippen MR) is 76.0 cm³/mol. The van der Waals surface area contributed by atoms with Crippen LogP contribution in [0.1, 0.15) is 40.3 Å². The van der Waals surface area contributed by atoms with Gasteiger partial charge in [0.1, 0.15) is 0 Å². The highest BCUT2D eigenvalue weighted by Gasteiger charge is 2.12. The molecule has 0 aliphatic carbocycles. The van der Waals surface area contributed by atoms with E-state index >= 15 is 0 Å². The molecule has 1 atom stereocenters. The summed E-state index contributed by atoms with van der Waals surface area (Å²) in [4.78, 5) is 0. The molecule has 2 aromatic rings. The van der Waals surface area contributed by atoms with Crippen LogP contribution in [-0.4, -0.2) is 5.11 Å². The number of hydrogen-bond acceptors (Lipinski definition) is 1. The molecule has 106 valence electrons. The summed E-state index contributed by atoms with van der Waals surface area (Å²) in [5.74, 6) is 0. The fourth-order valence-corrected chi connectivity index (χ4v) is 2.21. The molecule has 0 saturated carbocycles. The molecule has 20 heavy (non-hydrogen) atoms. The summed E-state index contributed by atoms with van der Waals surface area (Å²) in [7, 11) is 0. The predicted octanol–water partition coefficient (Wildman–Crippen LogP) is 4.52. The summed E-state index contributed by atoms with van der Waals surface area (Å²) in [5.41, 5.74) is 3.99. The second kappa shape index (κ2) is 6.14. The van der Waals surface area contributed by atoms with E-state index in [4.69, 9.17) is 0 Å². The minimum absolute atomic E-state index is 0.0207. The smallest absolute Gasteiger partial charge is 0.263 e. The van der Waals surface area contributed by atoms with Crippen molar-refractivity contribution in [1.29, 1.82) is 0 Å². The first kappa shape index (κ1) is 14.7. The van der Waals surface area contributed by atoms with Gasteiger partial charge in [0, 0.05) is 12.0 Å². The van der Waals surface area contributed by atoms with Crippen LogP contribution in [-0.2, 0) is 6.42 Å². The first-order valence-electron chi connectivity index (χ1n) is 6.59. The highest BCUT2D eigenvalue weighted by atomic mass is 19.3. The second-order valence-corrected chi connectivity index (χ2v) is 5.12. The zero-order valence-electron chi connectivity index (χ0n) is 11.6. The van der Waals surface area contributed by atoms with Crippen LogP contribution in [0.5, 0.6) is 0 Å². The Bertz CT molecular complexity index is 576. The van der Waals surface area contributed by atoms with Gasteiger partial charge in [-0.25, -0.2) is 8.78 Å². The SMILES string of the molecule is Cc1ccc(C)c(CC(O)c2ccc(C(F)F)cc2)c1. The van der Waals surface area contributed by atoms with Crippen LogP contribution in [0.2, 0.25) is 0 Å². The van der Waals surface area contributed by atoms with E-state index in [-0.39, 0.29) is 5.56 Å². The third kappa shape index (κ3) is 3.42. The van der Waals surface area contributed by atoms with Gasteiger partial charge in [0.2, 0.25) is 0 Å². The van der Waals surface area contributed by atoms with Gasteiger partial charge in [0.15, 0.2) is 0 Å². The van der Waals surface area contributed by atoms with E-state index in [0.29, 0.717) is 12.0 Å². The van der Waals surface area contributed by atoms with Gasteiger partial charge in [0.05, 0.1) is 6.10 Å². The third-order valence-corrected chi connectivity index (χ3v) is 3.49. The average Bonchev–Trinajstić information content (AvgIpc) is 2.43. The van der Waals surface area contributed by atoms with Crippen molar-refractivity contribution in [3.63, 3.8) is 0 Å². The lowest BCUT2D eigenvalue weighted by molar-refractivity contribution is 0.151. The molecule has 0 fully saturated rings. The summed E-state index contributed by atoms with van der Waals surface area (Å²) in [6.45, 7) is 4.01. The molecular weight excluding hydrogens is 258 g/mol. The quantitative estimate of drug-likeness (QED) is 0.870. The second-order valence-electron chi connectivity index (χ2n) is 5.12. The van der Waals surface area contributed by atoms with Crippen molar-refractivity contribution in [2.75, 3.05) is 0 Å². The summed E-state index contributed by atoms with van der Waals surface area (Å²) in [6, 6.07) is 12.0. The normalized spacial score (nSPS) is 12.7. The minimum Gasteiger partial charge on any atom is -0.388 e. The Morgan fingerprint density at radius 3 is 2.15 bits per heavy atom. The van der Waals surface area contributed by atoms with Crippen LogP contribution >= 0.6 is 0 Å². The molecule has 1 unspecified atom stereocenters. The topological polar surface area (TPSA) is 20.2 Å². The molecule has 0 aromatic heterocycles. The molecular formula is C17H18F2O. The van der Waals surface area contributed by atoms with Gasteiger partial charge in [0.25, 0.3) is 6.43 Å². The maximum Gasteiger partial charge on any atom is 0.263 e. The lowest BCUT2D eigenvalue weighted by atomic mass is 9.96. The monoisotopic (exact) mass is 276 g/mol.